The Labute approximate surface area is 101 Å². The normalized spacial score (nSPS) is 15.8. The van der Waals surface area contributed by atoms with Crippen molar-refractivity contribution < 1.29 is 4.74 Å². The van der Waals surface area contributed by atoms with E-state index in [2.05, 4.69) is 25.2 Å². The van der Waals surface area contributed by atoms with E-state index in [-0.39, 0.29) is 0 Å². The fourth-order valence-corrected chi connectivity index (χ4v) is 1.57. The Morgan fingerprint density at radius 3 is 2.47 bits per heavy atom. The number of nitrogens with one attached hydrogen (secondary N) is 1. The Balaban J connectivity index is 2.28. The predicted molar refractivity (Wildman–Crippen MR) is 66.7 cm³/mol. The lowest BCUT2D eigenvalue weighted by atomic mass is 10.4. The van der Waals surface area contributed by atoms with E-state index in [9.17, 15) is 0 Å². The van der Waals surface area contributed by atoms with Gasteiger partial charge in [0.1, 0.15) is 0 Å². The number of hydrogen-bond donors (Lipinski definition) is 1. The summed E-state index contributed by atoms with van der Waals surface area (Å²) >= 11 is 0. The van der Waals surface area contributed by atoms with Crippen LogP contribution in [0.1, 0.15) is 0 Å². The van der Waals surface area contributed by atoms with Crippen molar-refractivity contribution in [1.29, 1.82) is 0 Å². The summed E-state index contributed by atoms with van der Waals surface area (Å²) in [5.74, 6) is 1.95. The van der Waals surface area contributed by atoms with Crippen LogP contribution in [0.3, 0.4) is 0 Å². The number of morpholine rings is 1. The molecule has 2 rings (SSSR count). The van der Waals surface area contributed by atoms with Gasteiger partial charge in [-0.3, -0.25) is 0 Å². The van der Waals surface area contributed by atoms with Gasteiger partial charge in [-0.1, -0.05) is 0 Å². The van der Waals surface area contributed by atoms with E-state index in [0.717, 1.165) is 26.3 Å². The molecular formula is C10H18N6O. The molecule has 1 N–H and O–H groups in total. The Kier molecular flexibility index (Phi) is 3.58. The first kappa shape index (κ1) is 11.8. The number of anilines is 3. The first-order valence-electron chi connectivity index (χ1n) is 5.64. The molecule has 0 spiro atoms. The van der Waals surface area contributed by atoms with Crippen molar-refractivity contribution in [2.75, 3.05) is 62.6 Å². The minimum Gasteiger partial charge on any atom is -0.378 e. The molecule has 0 unspecified atom stereocenters. The van der Waals surface area contributed by atoms with Crippen LogP contribution >= 0.6 is 0 Å². The van der Waals surface area contributed by atoms with Gasteiger partial charge in [-0.25, -0.2) is 0 Å². The van der Waals surface area contributed by atoms with Crippen LogP contribution < -0.4 is 15.1 Å². The zero-order valence-corrected chi connectivity index (χ0v) is 10.5. The van der Waals surface area contributed by atoms with Crippen LogP contribution in [0.2, 0.25) is 0 Å². The zero-order valence-electron chi connectivity index (χ0n) is 10.5. The van der Waals surface area contributed by atoms with Crippen LogP contribution in [0.25, 0.3) is 0 Å². The molecule has 2 heterocycles. The van der Waals surface area contributed by atoms with E-state index in [1.807, 2.05) is 19.0 Å². The molecule has 94 valence electrons. The molecule has 7 nitrogen and oxygen atoms in total. The maximum atomic E-state index is 5.32. The lowest BCUT2D eigenvalue weighted by molar-refractivity contribution is 0.122. The van der Waals surface area contributed by atoms with Gasteiger partial charge < -0.3 is 19.9 Å². The van der Waals surface area contributed by atoms with Crippen LogP contribution in [-0.4, -0.2) is 62.4 Å². The van der Waals surface area contributed by atoms with Gasteiger partial charge in [0.25, 0.3) is 0 Å². The monoisotopic (exact) mass is 238 g/mol. The first-order chi connectivity index (χ1) is 8.20. The summed E-state index contributed by atoms with van der Waals surface area (Å²) in [7, 11) is 5.63. The molecule has 0 amide bonds. The lowest BCUT2D eigenvalue weighted by Gasteiger charge is -2.27. The second-order valence-corrected chi connectivity index (χ2v) is 4.00. The predicted octanol–water partition coefficient (Wildman–Crippen LogP) is -0.184. The van der Waals surface area contributed by atoms with Crippen LogP contribution in [0.4, 0.5) is 17.8 Å². The smallest absolute Gasteiger partial charge is 0.232 e. The number of aromatic nitrogens is 3. The highest BCUT2D eigenvalue weighted by molar-refractivity contribution is 5.44. The van der Waals surface area contributed by atoms with Gasteiger partial charge in [0.2, 0.25) is 17.8 Å². The molecule has 0 bridgehead atoms. The summed E-state index contributed by atoms with van der Waals surface area (Å²) in [5, 5.41) is 2.95. The molecule has 1 fully saturated rings. The third-order valence-corrected chi connectivity index (χ3v) is 2.53. The Morgan fingerprint density at radius 2 is 1.88 bits per heavy atom. The van der Waals surface area contributed by atoms with E-state index in [1.165, 1.54) is 0 Å². The second-order valence-electron chi connectivity index (χ2n) is 4.00. The largest absolute Gasteiger partial charge is 0.378 e. The van der Waals surface area contributed by atoms with Gasteiger partial charge >= 0.3 is 0 Å². The molecule has 0 aliphatic carbocycles. The quantitative estimate of drug-likeness (QED) is 0.783. The summed E-state index contributed by atoms with van der Waals surface area (Å²) in [6.45, 7) is 3.08. The molecule has 0 radical (unpaired) electrons. The van der Waals surface area contributed by atoms with Gasteiger partial charge in [0.05, 0.1) is 13.2 Å². The number of hydrogen-bond acceptors (Lipinski definition) is 7. The van der Waals surface area contributed by atoms with Crippen molar-refractivity contribution in [2.45, 2.75) is 0 Å². The minimum absolute atomic E-state index is 0.588. The van der Waals surface area contributed by atoms with E-state index in [4.69, 9.17) is 4.74 Å². The van der Waals surface area contributed by atoms with Crippen LogP contribution in [0.15, 0.2) is 0 Å². The summed E-state index contributed by atoms with van der Waals surface area (Å²) in [5.41, 5.74) is 0. The Morgan fingerprint density at radius 1 is 1.18 bits per heavy atom. The Hall–Kier alpha value is -1.63. The maximum absolute atomic E-state index is 5.32. The molecule has 0 atom stereocenters. The molecule has 1 aliphatic rings. The molecule has 1 saturated heterocycles. The first-order valence-corrected chi connectivity index (χ1v) is 5.64. The highest BCUT2D eigenvalue weighted by Crippen LogP contribution is 2.15. The number of nitrogens with zero attached hydrogens (tertiary/aromatic N) is 5. The van der Waals surface area contributed by atoms with Crippen molar-refractivity contribution in [3.63, 3.8) is 0 Å². The molecule has 7 heteroatoms. The van der Waals surface area contributed by atoms with E-state index in [0.29, 0.717) is 17.8 Å². The summed E-state index contributed by atoms with van der Waals surface area (Å²) in [6.07, 6.45) is 0. The minimum atomic E-state index is 0.588. The van der Waals surface area contributed by atoms with Gasteiger partial charge in [-0.2, -0.15) is 15.0 Å². The third-order valence-electron chi connectivity index (χ3n) is 2.53. The number of ether oxygens (including phenoxy) is 1. The van der Waals surface area contributed by atoms with Gasteiger partial charge in [0.15, 0.2) is 0 Å². The SMILES string of the molecule is CNc1nc(N(C)C)nc(N2CCOCC2)n1. The molecule has 17 heavy (non-hydrogen) atoms. The maximum Gasteiger partial charge on any atom is 0.232 e. The molecule has 1 aromatic rings. The highest BCUT2D eigenvalue weighted by atomic mass is 16.5. The number of rotatable bonds is 3. The second kappa shape index (κ2) is 5.13. The molecule has 1 aliphatic heterocycles. The molecule has 0 aromatic carbocycles. The highest BCUT2D eigenvalue weighted by Gasteiger charge is 2.16. The van der Waals surface area contributed by atoms with Gasteiger partial charge in [0, 0.05) is 34.2 Å². The average Bonchev–Trinajstić information content (AvgIpc) is 2.39. The van der Waals surface area contributed by atoms with E-state index < -0.39 is 0 Å². The topological polar surface area (TPSA) is 66.4 Å². The fourth-order valence-electron chi connectivity index (χ4n) is 1.57. The summed E-state index contributed by atoms with van der Waals surface area (Å²) in [6, 6.07) is 0. The lowest BCUT2D eigenvalue weighted by Crippen LogP contribution is -2.37. The third kappa shape index (κ3) is 2.73. The zero-order chi connectivity index (χ0) is 12.3. The van der Waals surface area contributed by atoms with Crippen LogP contribution in [-0.2, 0) is 4.74 Å². The van der Waals surface area contributed by atoms with Crippen LogP contribution in [0.5, 0.6) is 0 Å². The van der Waals surface area contributed by atoms with Crippen molar-refractivity contribution in [2.24, 2.45) is 0 Å². The summed E-state index contributed by atoms with van der Waals surface area (Å²) < 4.78 is 5.32. The van der Waals surface area contributed by atoms with Gasteiger partial charge in [-0.05, 0) is 0 Å². The van der Waals surface area contributed by atoms with Crippen molar-refractivity contribution in [3.8, 4) is 0 Å². The van der Waals surface area contributed by atoms with E-state index in [1.54, 1.807) is 7.05 Å². The average molecular weight is 238 g/mol. The Bertz CT molecular complexity index is 377. The van der Waals surface area contributed by atoms with Crippen LogP contribution in [0, 0.1) is 0 Å². The van der Waals surface area contributed by atoms with Crippen molar-refractivity contribution in [1.82, 2.24) is 15.0 Å². The molecular weight excluding hydrogens is 220 g/mol. The fraction of sp³-hybridized carbons (Fsp3) is 0.700. The molecule has 1 aromatic heterocycles. The molecule has 0 saturated carbocycles. The van der Waals surface area contributed by atoms with Crippen molar-refractivity contribution >= 4 is 17.8 Å². The van der Waals surface area contributed by atoms with Gasteiger partial charge in [-0.15, -0.1) is 0 Å². The van der Waals surface area contributed by atoms with E-state index >= 15 is 0 Å². The summed E-state index contributed by atoms with van der Waals surface area (Å²) in [4.78, 5) is 17.1. The standard InChI is InChI=1S/C10H18N6O/c1-11-8-12-9(15(2)3)14-10(13-8)16-4-6-17-7-5-16/h4-7H2,1-3H3,(H,11,12,13,14). The van der Waals surface area contributed by atoms with Crippen molar-refractivity contribution in [3.05, 3.63) is 0 Å².